The summed E-state index contributed by atoms with van der Waals surface area (Å²) >= 11 is 0. The Labute approximate surface area is 146 Å². The third-order valence-corrected chi connectivity index (χ3v) is 4.18. The van der Waals surface area contributed by atoms with Crippen molar-refractivity contribution in [1.29, 1.82) is 0 Å². The van der Waals surface area contributed by atoms with Crippen LogP contribution in [0.25, 0.3) is 11.0 Å². The number of aromatic nitrogens is 2. The largest absolute Gasteiger partial charge is 0.508 e. The van der Waals surface area contributed by atoms with Crippen LogP contribution in [0.2, 0.25) is 0 Å². The fourth-order valence-electron chi connectivity index (χ4n) is 2.68. The van der Waals surface area contributed by atoms with E-state index in [0.717, 1.165) is 40.8 Å². The number of aromatic hydroxyl groups is 1. The van der Waals surface area contributed by atoms with Gasteiger partial charge in [-0.2, -0.15) is 0 Å². The summed E-state index contributed by atoms with van der Waals surface area (Å²) in [6.45, 7) is 4.41. The molecule has 0 saturated carbocycles. The molecule has 0 aliphatic rings. The summed E-state index contributed by atoms with van der Waals surface area (Å²) in [5, 5.41) is 12.4. The summed E-state index contributed by atoms with van der Waals surface area (Å²) < 4.78 is 0. The molecule has 0 atom stereocenters. The van der Waals surface area contributed by atoms with Crippen LogP contribution in [0.4, 0.5) is 0 Å². The predicted octanol–water partition coefficient (Wildman–Crippen LogP) is 3.31. The van der Waals surface area contributed by atoms with E-state index in [1.54, 1.807) is 24.3 Å². The number of hydrogen-bond donors (Lipinski definition) is 2. The molecule has 1 aromatic heterocycles. The van der Waals surface area contributed by atoms with E-state index in [0.29, 0.717) is 12.1 Å². The highest BCUT2D eigenvalue weighted by Crippen LogP contribution is 2.15. The summed E-state index contributed by atoms with van der Waals surface area (Å²) in [6, 6.07) is 12.6. The van der Waals surface area contributed by atoms with Crippen molar-refractivity contribution in [3.63, 3.8) is 0 Å². The number of rotatable bonds is 5. The number of benzene rings is 2. The highest BCUT2D eigenvalue weighted by molar-refractivity contribution is 5.97. The smallest absolute Gasteiger partial charge is 0.251 e. The number of nitrogens with one attached hydrogen (secondary N) is 1. The number of carbonyl (C=O) groups is 1. The van der Waals surface area contributed by atoms with Crippen LogP contribution in [-0.2, 0) is 6.42 Å². The Morgan fingerprint density at radius 1 is 1.04 bits per heavy atom. The predicted molar refractivity (Wildman–Crippen MR) is 97.8 cm³/mol. The van der Waals surface area contributed by atoms with Crippen molar-refractivity contribution < 1.29 is 9.90 Å². The van der Waals surface area contributed by atoms with Crippen molar-refractivity contribution >= 4 is 16.9 Å². The zero-order valence-electron chi connectivity index (χ0n) is 14.4. The molecule has 0 unspecified atom stereocenters. The molecule has 128 valence electrons. The van der Waals surface area contributed by atoms with Gasteiger partial charge in [0.05, 0.1) is 22.4 Å². The Hall–Kier alpha value is -2.95. The van der Waals surface area contributed by atoms with Crippen LogP contribution in [0.1, 0.15) is 33.7 Å². The fourth-order valence-corrected chi connectivity index (χ4v) is 2.68. The van der Waals surface area contributed by atoms with Gasteiger partial charge in [-0.25, -0.2) is 9.97 Å². The van der Waals surface area contributed by atoms with Gasteiger partial charge in [-0.15, -0.1) is 0 Å². The molecule has 1 heterocycles. The monoisotopic (exact) mass is 335 g/mol. The molecule has 0 aliphatic heterocycles. The van der Waals surface area contributed by atoms with Crippen molar-refractivity contribution in [1.82, 2.24) is 15.3 Å². The number of nitrogens with zero attached hydrogens (tertiary/aromatic N) is 2. The maximum Gasteiger partial charge on any atom is 0.251 e. The van der Waals surface area contributed by atoms with Crippen molar-refractivity contribution in [3.05, 3.63) is 65.0 Å². The van der Waals surface area contributed by atoms with E-state index in [-0.39, 0.29) is 11.7 Å². The standard InChI is InChI=1S/C20H21N3O2/c1-13-14(2)23-19-12-16(8-9-18(19)22-13)20(25)21-10-4-6-15-5-3-7-17(24)11-15/h3,5,7-9,11-12,24H,4,6,10H2,1-2H3,(H,21,25). The van der Waals surface area contributed by atoms with Crippen LogP contribution in [0.15, 0.2) is 42.5 Å². The van der Waals surface area contributed by atoms with E-state index in [1.165, 1.54) is 0 Å². The van der Waals surface area contributed by atoms with Crippen LogP contribution in [-0.4, -0.2) is 27.5 Å². The molecule has 3 rings (SSSR count). The second-order valence-corrected chi connectivity index (χ2v) is 6.13. The first-order valence-electron chi connectivity index (χ1n) is 8.34. The first kappa shape index (κ1) is 16.9. The molecule has 5 nitrogen and oxygen atoms in total. The number of carbonyl (C=O) groups excluding carboxylic acids is 1. The Balaban J connectivity index is 1.59. The number of fused-ring (bicyclic) bond motifs is 1. The molecule has 0 spiro atoms. The third kappa shape index (κ3) is 4.12. The highest BCUT2D eigenvalue weighted by Gasteiger charge is 2.08. The molecule has 5 heteroatoms. The van der Waals surface area contributed by atoms with Gasteiger partial charge in [0, 0.05) is 12.1 Å². The molecule has 25 heavy (non-hydrogen) atoms. The molecule has 0 aliphatic carbocycles. The lowest BCUT2D eigenvalue weighted by molar-refractivity contribution is 0.0953. The van der Waals surface area contributed by atoms with Gasteiger partial charge in [-0.3, -0.25) is 4.79 Å². The molecule has 3 aromatic rings. The van der Waals surface area contributed by atoms with Crippen LogP contribution in [0, 0.1) is 13.8 Å². The molecule has 2 N–H and O–H groups in total. The molecular weight excluding hydrogens is 314 g/mol. The first-order chi connectivity index (χ1) is 12.0. The number of phenols is 1. The van der Waals surface area contributed by atoms with Crippen LogP contribution < -0.4 is 5.32 Å². The Bertz CT molecular complexity index is 922. The summed E-state index contributed by atoms with van der Waals surface area (Å²) in [4.78, 5) is 21.3. The lowest BCUT2D eigenvalue weighted by Crippen LogP contribution is -2.24. The fraction of sp³-hybridized carbons (Fsp3) is 0.250. The minimum absolute atomic E-state index is 0.113. The normalized spacial score (nSPS) is 10.8. The van der Waals surface area contributed by atoms with Gasteiger partial charge < -0.3 is 10.4 Å². The van der Waals surface area contributed by atoms with Gasteiger partial charge in [-0.05, 0) is 62.6 Å². The van der Waals surface area contributed by atoms with Crippen molar-refractivity contribution in [2.75, 3.05) is 6.54 Å². The second-order valence-electron chi connectivity index (χ2n) is 6.13. The highest BCUT2D eigenvalue weighted by atomic mass is 16.3. The zero-order chi connectivity index (χ0) is 17.8. The van der Waals surface area contributed by atoms with Gasteiger partial charge in [0.2, 0.25) is 0 Å². The summed E-state index contributed by atoms with van der Waals surface area (Å²) in [5.74, 6) is 0.155. The number of aryl methyl sites for hydroxylation is 3. The maximum absolute atomic E-state index is 12.3. The Morgan fingerprint density at radius 3 is 2.56 bits per heavy atom. The van der Waals surface area contributed by atoms with E-state index in [1.807, 2.05) is 32.0 Å². The Kier molecular flexibility index (Phi) is 4.93. The average Bonchev–Trinajstić information content (AvgIpc) is 2.59. The van der Waals surface area contributed by atoms with Crippen molar-refractivity contribution in [3.8, 4) is 5.75 Å². The summed E-state index contributed by atoms with van der Waals surface area (Å²) in [7, 11) is 0. The summed E-state index contributed by atoms with van der Waals surface area (Å²) in [5.41, 5.74) is 4.94. The van der Waals surface area contributed by atoms with E-state index in [2.05, 4.69) is 15.3 Å². The molecule has 0 saturated heterocycles. The van der Waals surface area contributed by atoms with Crippen molar-refractivity contribution in [2.24, 2.45) is 0 Å². The van der Waals surface area contributed by atoms with Crippen molar-refractivity contribution in [2.45, 2.75) is 26.7 Å². The van der Waals surface area contributed by atoms with Crippen LogP contribution >= 0.6 is 0 Å². The zero-order valence-corrected chi connectivity index (χ0v) is 14.4. The lowest BCUT2D eigenvalue weighted by Gasteiger charge is -2.07. The SMILES string of the molecule is Cc1nc2ccc(C(=O)NCCCc3cccc(O)c3)cc2nc1C. The van der Waals surface area contributed by atoms with Gasteiger partial charge in [0.15, 0.2) is 0 Å². The average molecular weight is 335 g/mol. The third-order valence-electron chi connectivity index (χ3n) is 4.18. The van der Waals surface area contributed by atoms with E-state index in [9.17, 15) is 9.90 Å². The van der Waals surface area contributed by atoms with Gasteiger partial charge in [0.25, 0.3) is 5.91 Å². The van der Waals surface area contributed by atoms with Gasteiger partial charge in [-0.1, -0.05) is 12.1 Å². The molecule has 0 radical (unpaired) electrons. The minimum Gasteiger partial charge on any atom is -0.508 e. The molecule has 0 fully saturated rings. The van der Waals surface area contributed by atoms with Gasteiger partial charge >= 0.3 is 0 Å². The van der Waals surface area contributed by atoms with E-state index < -0.39 is 0 Å². The number of amides is 1. The van der Waals surface area contributed by atoms with Crippen LogP contribution in [0.3, 0.4) is 0 Å². The van der Waals surface area contributed by atoms with E-state index >= 15 is 0 Å². The maximum atomic E-state index is 12.3. The van der Waals surface area contributed by atoms with E-state index in [4.69, 9.17) is 0 Å². The van der Waals surface area contributed by atoms with Crippen LogP contribution in [0.5, 0.6) is 5.75 Å². The number of hydrogen-bond acceptors (Lipinski definition) is 4. The first-order valence-corrected chi connectivity index (χ1v) is 8.34. The summed E-state index contributed by atoms with van der Waals surface area (Å²) in [6.07, 6.45) is 1.61. The molecule has 2 aromatic carbocycles. The number of phenolic OH excluding ortho intramolecular Hbond substituents is 1. The van der Waals surface area contributed by atoms with Gasteiger partial charge in [0.1, 0.15) is 5.75 Å². The quantitative estimate of drug-likeness (QED) is 0.702. The molecular formula is C20H21N3O2. The lowest BCUT2D eigenvalue weighted by atomic mass is 10.1. The second kappa shape index (κ2) is 7.30. The topological polar surface area (TPSA) is 75.1 Å². The molecule has 1 amide bonds. The Morgan fingerprint density at radius 2 is 1.80 bits per heavy atom. The molecule has 0 bridgehead atoms. The minimum atomic E-state index is -0.113.